The molecule has 3 heterocycles. The van der Waals surface area contributed by atoms with Gasteiger partial charge in [-0.3, -0.25) is 10.1 Å². The lowest BCUT2D eigenvalue weighted by molar-refractivity contribution is -0.384. The number of hydrogen-bond acceptors (Lipinski definition) is 8. The molecule has 9 nitrogen and oxygen atoms in total. The van der Waals surface area contributed by atoms with Crippen LogP contribution in [-0.4, -0.2) is 32.8 Å². The second kappa shape index (κ2) is 10.7. The molecular weight excluding hydrogens is 548 g/mol. The van der Waals surface area contributed by atoms with Crippen molar-refractivity contribution in [2.45, 2.75) is 64.1 Å². The minimum absolute atomic E-state index is 0.0174. The van der Waals surface area contributed by atoms with E-state index >= 15 is 0 Å². The van der Waals surface area contributed by atoms with Gasteiger partial charge in [-0.25, -0.2) is 4.98 Å². The molecule has 0 radical (unpaired) electrons. The lowest BCUT2D eigenvalue weighted by atomic mass is 9.81. The van der Waals surface area contributed by atoms with Crippen molar-refractivity contribution in [1.82, 2.24) is 15.2 Å². The Morgan fingerprint density at radius 1 is 1.07 bits per heavy atom. The Labute approximate surface area is 224 Å². The van der Waals surface area contributed by atoms with Gasteiger partial charge < -0.3 is 14.5 Å². The molecule has 1 N–H and O–H groups in total. The highest BCUT2D eigenvalue weighted by atomic mass is 19.4. The number of pyridine rings is 1. The van der Waals surface area contributed by atoms with E-state index in [2.05, 4.69) is 20.5 Å². The highest BCUT2D eigenvalue weighted by molar-refractivity contribution is 5.67. The molecule has 216 valence electrons. The largest absolute Gasteiger partial charge is 0.426 e. The number of alkyl halides is 6. The van der Waals surface area contributed by atoms with Crippen LogP contribution in [0.4, 0.5) is 37.8 Å². The van der Waals surface area contributed by atoms with Crippen LogP contribution < -0.4 is 5.32 Å². The highest BCUT2D eigenvalue weighted by Gasteiger charge is 2.61. The number of anilines is 1. The molecule has 0 fully saturated rings. The van der Waals surface area contributed by atoms with Crippen LogP contribution in [0.3, 0.4) is 0 Å². The van der Waals surface area contributed by atoms with E-state index in [9.17, 15) is 36.5 Å². The number of hydrogen-bond donors (Lipinski definition) is 1. The third-order valence-corrected chi connectivity index (χ3v) is 6.74. The molecule has 1 unspecified atom stereocenters. The molecule has 1 aliphatic heterocycles. The summed E-state index contributed by atoms with van der Waals surface area (Å²) < 4.78 is 96.7. The first kappa shape index (κ1) is 29.2. The first-order chi connectivity index (χ1) is 18.6. The van der Waals surface area contributed by atoms with Gasteiger partial charge in [0.25, 0.3) is 11.8 Å². The van der Waals surface area contributed by atoms with E-state index in [0.717, 1.165) is 0 Å². The molecule has 4 rings (SSSR count). The fraction of sp³-hybridized carbons (Fsp3) is 0.480. The zero-order chi connectivity index (χ0) is 29.3. The van der Waals surface area contributed by atoms with Gasteiger partial charge in [-0.1, -0.05) is 44.2 Å². The maximum absolute atomic E-state index is 14.8. The normalized spacial score (nSPS) is 19.9. The lowest BCUT2D eigenvalue weighted by Gasteiger charge is -2.34. The summed E-state index contributed by atoms with van der Waals surface area (Å²) in [6.07, 6.45) is -10.2. The number of ether oxygens (including phenoxy) is 1. The van der Waals surface area contributed by atoms with Crippen LogP contribution in [0.15, 0.2) is 40.8 Å². The van der Waals surface area contributed by atoms with Gasteiger partial charge in [-0.2, -0.15) is 26.3 Å². The number of nitrogens with one attached hydrogen (secondary N) is 1. The molecule has 0 aliphatic carbocycles. The van der Waals surface area contributed by atoms with Crippen molar-refractivity contribution in [3.05, 3.63) is 63.5 Å². The van der Waals surface area contributed by atoms with Crippen molar-refractivity contribution in [2.24, 2.45) is 5.41 Å². The van der Waals surface area contributed by atoms with E-state index in [1.165, 1.54) is 0 Å². The Morgan fingerprint density at radius 3 is 2.40 bits per heavy atom. The van der Waals surface area contributed by atoms with Crippen LogP contribution >= 0.6 is 0 Å². The molecule has 1 aliphatic rings. The van der Waals surface area contributed by atoms with Crippen LogP contribution in [0, 0.1) is 15.5 Å². The molecule has 0 spiro atoms. The molecule has 4 bridgehead atoms. The van der Waals surface area contributed by atoms with Crippen LogP contribution in [-0.2, 0) is 23.1 Å². The molecule has 0 saturated heterocycles. The van der Waals surface area contributed by atoms with Crippen LogP contribution in [0.5, 0.6) is 0 Å². The van der Waals surface area contributed by atoms with E-state index in [1.807, 2.05) is 0 Å². The van der Waals surface area contributed by atoms with Crippen molar-refractivity contribution in [3.63, 3.8) is 0 Å². The van der Waals surface area contributed by atoms with Gasteiger partial charge in [0.2, 0.25) is 11.3 Å². The standard InChI is InChI=1S/C25H25F6N5O4/c1-22(2)9-6-10-23(25(29,30)31,39-14-15-7-4-3-5-8-15)21-35-34-20(40-21)18-17(36(37)38)13-16(24(26,27)28)19(33-18)32-12-11-22/h3-5,7-8,13H,6,9-12,14H2,1-2H3,(H,32,33). The Morgan fingerprint density at radius 2 is 1.77 bits per heavy atom. The van der Waals surface area contributed by atoms with Crippen molar-refractivity contribution >= 4 is 11.5 Å². The van der Waals surface area contributed by atoms with Crippen molar-refractivity contribution < 1.29 is 40.4 Å². The number of aromatic nitrogens is 3. The Hall–Kier alpha value is -3.75. The van der Waals surface area contributed by atoms with Gasteiger partial charge >= 0.3 is 18.0 Å². The molecule has 15 heteroatoms. The zero-order valence-corrected chi connectivity index (χ0v) is 21.4. The molecular formula is C25H25F6N5O4. The predicted octanol–water partition coefficient (Wildman–Crippen LogP) is 7.05. The van der Waals surface area contributed by atoms with Crippen molar-refractivity contribution in [2.75, 3.05) is 11.9 Å². The summed E-state index contributed by atoms with van der Waals surface area (Å²) in [5.74, 6) is -2.64. The van der Waals surface area contributed by atoms with Crippen LogP contribution in [0.25, 0.3) is 11.6 Å². The Kier molecular flexibility index (Phi) is 7.80. The van der Waals surface area contributed by atoms with Crippen LogP contribution in [0.2, 0.25) is 0 Å². The van der Waals surface area contributed by atoms with Crippen molar-refractivity contribution in [3.8, 4) is 11.6 Å². The van der Waals surface area contributed by atoms with E-state index in [1.54, 1.807) is 44.2 Å². The smallest absolute Gasteiger partial charge is 0.415 e. The summed E-state index contributed by atoms with van der Waals surface area (Å²) in [6.45, 7) is 3.02. The van der Waals surface area contributed by atoms with Gasteiger partial charge in [0.1, 0.15) is 11.4 Å². The topological polar surface area (TPSA) is 116 Å². The summed E-state index contributed by atoms with van der Waals surface area (Å²) in [5, 5.41) is 21.3. The molecule has 0 amide bonds. The highest BCUT2D eigenvalue weighted by Crippen LogP contribution is 2.48. The maximum Gasteiger partial charge on any atom is 0.426 e. The second-order valence-electron chi connectivity index (χ2n) is 10.2. The summed E-state index contributed by atoms with van der Waals surface area (Å²) in [5.41, 5.74) is -6.66. The molecule has 2 aromatic heterocycles. The minimum atomic E-state index is -5.07. The minimum Gasteiger partial charge on any atom is -0.415 e. The number of nitro groups is 1. The summed E-state index contributed by atoms with van der Waals surface area (Å²) in [4.78, 5) is 14.3. The summed E-state index contributed by atoms with van der Waals surface area (Å²) in [7, 11) is 0. The number of fused-ring (bicyclic) bond motifs is 5. The number of halogens is 6. The van der Waals surface area contributed by atoms with Gasteiger partial charge in [-0.15, -0.1) is 10.2 Å². The van der Waals surface area contributed by atoms with Gasteiger partial charge in [0.15, 0.2) is 0 Å². The average molecular weight is 573 g/mol. The van der Waals surface area contributed by atoms with Gasteiger partial charge in [-0.05, 0) is 36.7 Å². The first-order valence-corrected chi connectivity index (χ1v) is 12.2. The average Bonchev–Trinajstić information content (AvgIpc) is 3.34. The molecule has 0 saturated carbocycles. The number of benzene rings is 1. The summed E-state index contributed by atoms with van der Waals surface area (Å²) >= 11 is 0. The number of nitrogens with zero attached hydrogens (tertiary/aromatic N) is 4. The molecule has 40 heavy (non-hydrogen) atoms. The summed E-state index contributed by atoms with van der Waals surface area (Å²) in [6, 6.07) is 8.32. The van der Waals surface area contributed by atoms with E-state index in [0.29, 0.717) is 5.56 Å². The third-order valence-electron chi connectivity index (χ3n) is 6.74. The Balaban J connectivity index is 1.91. The molecule has 1 atom stereocenters. The fourth-order valence-corrected chi connectivity index (χ4v) is 4.46. The number of rotatable bonds is 4. The quantitative estimate of drug-likeness (QED) is 0.201. The van der Waals surface area contributed by atoms with Gasteiger partial charge in [0.05, 0.1) is 11.5 Å². The van der Waals surface area contributed by atoms with E-state index in [4.69, 9.17) is 9.15 Å². The van der Waals surface area contributed by atoms with Crippen LogP contribution in [0.1, 0.15) is 56.5 Å². The second-order valence-corrected chi connectivity index (χ2v) is 10.2. The van der Waals surface area contributed by atoms with Crippen molar-refractivity contribution in [1.29, 1.82) is 0 Å². The lowest BCUT2D eigenvalue weighted by Crippen LogP contribution is -2.45. The van der Waals surface area contributed by atoms with E-state index < -0.39 is 75.9 Å². The SMILES string of the molecule is CC1(C)CCCC(OCc2ccccc2)(C(F)(F)F)c2nnc(o2)-c2nc(c(C(F)(F)F)cc2[N+](=O)[O-])NCC1. The third kappa shape index (κ3) is 6.03. The van der Waals surface area contributed by atoms with E-state index in [-0.39, 0.29) is 31.9 Å². The maximum atomic E-state index is 14.8. The Bertz CT molecular complexity index is 1360. The van der Waals surface area contributed by atoms with Gasteiger partial charge in [0, 0.05) is 12.6 Å². The first-order valence-electron chi connectivity index (χ1n) is 12.2. The monoisotopic (exact) mass is 573 g/mol. The molecule has 1 aromatic carbocycles. The fourth-order valence-electron chi connectivity index (χ4n) is 4.46. The molecule has 3 aromatic rings. The zero-order valence-electron chi connectivity index (χ0n) is 21.4. The predicted molar refractivity (Wildman–Crippen MR) is 129 cm³/mol.